The summed E-state index contributed by atoms with van der Waals surface area (Å²) < 4.78 is 13.3. The van der Waals surface area contributed by atoms with Crippen LogP contribution in [0.15, 0.2) is 70.5 Å². The first kappa shape index (κ1) is 19.9. The van der Waals surface area contributed by atoms with Crippen LogP contribution in [-0.2, 0) is 15.6 Å². The average Bonchev–Trinajstić information content (AvgIpc) is 2.67. The molecule has 1 atom stereocenters. The lowest BCUT2D eigenvalue weighted by Crippen LogP contribution is -2.00. The van der Waals surface area contributed by atoms with Crippen molar-refractivity contribution in [2.75, 3.05) is 0 Å². The summed E-state index contributed by atoms with van der Waals surface area (Å²) in [7, 11) is -1.38. The lowest BCUT2D eigenvalue weighted by molar-refractivity contribution is -0.116. The fourth-order valence-corrected chi connectivity index (χ4v) is 3.78. The van der Waals surface area contributed by atoms with Crippen LogP contribution in [0.3, 0.4) is 0 Å². The predicted molar refractivity (Wildman–Crippen MR) is 109 cm³/mol. The Balaban J connectivity index is 2.58. The quantitative estimate of drug-likeness (QED) is 0.618. The Hall–Kier alpha value is -2.44. The average molecular weight is 365 g/mol. The van der Waals surface area contributed by atoms with Crippen LogP contribution in [0.4, 0.5) is 0 Å². The number of rotatable bonds is 7. The Kier molecular flexibility index (Phi) is 8.05. The molecule has 0 aliphatic rings. The van der Waals surface area contributed by atoms with E-state index in [0.717, 1.165) is 35.3 Å². The van der Waals surface area contributed by atoms with E-state index in [1.54, 1.807) is 0 Å². The van der Waals surface area contributed by atoms with E-state index >= 15 is 0 Å². The molecule has 2 aromatic carbocycles. The van der Waals surface area contributed by atoms with Crippen molar-refractivity contribution in [3.05, 3.63) is 71.1 Å². The van der Waals surface area contributed by atoms with Crippen LogP contribution in [0, 0.1) is 11.8 Å². The number of benzene rings is 2. The highest BCUT2D eigenvalue weighted by atomic mass is 32.2. The van der Waals surface area contributed by atoms with Crippen molar-refractivity contribution < 1.29 is 9.00 Å². The summed E-state index contributed by atoms with van der Waals surface area (Å²) in [6.45, 7) is 3.65. The minimum absolute atomic E-state index is 0.0113. The molecule has 0 heterocycles. The molecule has 2 rings (SSSR count). The second-order valence-corrected chi connectivity index (χ2v) is 7.46. The number of hydrogen-bond acceptors (Lipinski definition) is 2. The molecule has 0 bridgehead atoms. The topological polar surface area (TPSA) is 34.1 Å². The van der Waals surface area contributed by atoms with Gasteiger partial charge in [-0.15, -0.1) is 0 Å². The van der Waals surface area contributed by atoms with Gasteiger partial charge in [0.1, 0.15) is 5.78 Å². The number of Topliss-reactive ketones (excluding diaryl/α,β-unsaturated/α-hetero) is 1. The van der Waals surface area contributed by atoms with Crippen LogP contribution < -0.4 is 0 Å². The molecule has 0 aliphatic carbocycles. The van der Waals surface area contributed by atoms with Gasteiger partial charge < -0.3 is 0 Å². The molecule has 0 saturated heterocycles. The molecule has 0 N–H and O–H groups in total. The minimum atomic E-state index is -1.38. The maximum absolute atomic E-state index is 13.3. The van der Waals surface area contributed by atoms with Gasteiger partial charge >= 0.3 is 0 Å². The molecular weight excluding hydrogens is 340 g/mol. The highest BCUT2D eigenvalue weighted by molar-refractivity contribution is 7.89. The third kappa shape index (κ3) is 5.82. The van der Waals surface area contributed by atoms with E-state index in [-0.39, 0.29) is 12.2 Å². The van der Waals surface area contributed by atoms with Gasteiger partial charge in [-0.05, 0) is 43.0 Å². The van der Waals surface area contributed by atoms with Gasteiger partial charge in [-0.2, -0.15) is 0 Å². The molecule has 26 heavy (non-hydrogen) atoms. The summed E-state index contributed by atoms with van der Waals surface area (Å²) >= 11 is 0. The Labute approximate surface area is 158 Å². The molecule has 0 amide bonds. The van der Waals surface area contributed by atoms with Crippen LogP contribution in [0.2, 0.25) is 0 Å². The summed E-state index contributed by atoms with van der Waals surface area (Å²) in [5, 5.41) is 0. The summed E-state index contributed by atoms with van der Waals surface area (Å²) in [5.74, 6) is 5.99. The summed E-state index contributed by atoms with van der Waals surface area (Å²) in [5.41, 5.74) is 2.04. The molecule has 2 nitrogen and oxygen atoms in total. The molecule has 0 aliphatic heterocycles. The molecule has 134 valence electrons. The van der Waals surface area contributed by atoms with Crippen LogP contribution in [0.1, 0.15) is 45.1 Å². The van der Waals surface area contributed by atoms with Crippen molar-refractivity contribution in [3.63, 3.8) is 0 Å². The van der Waals surface area contributed by atoms with E-state index < -0.39 is 10.8 Å². The molecule has 0 spiro atoms. The molecular formula is C23H24O2S. The smallest absolute Gasteiger partial charge is 0.141 e. The van der Waals surface area contributed by atoms with E-state index in [1.165, 1.54) is 6.92 Å². The first-order valence-corrected chi connectivity index (χ1v) is 10.0. The Morgan fingerprint density at radius 2 is 1.62 bits per heavy atom. The molecule has 0 aromatic heterocycles. The zero-order chi connectivity index (χ0) is 18.8. The Bertz CT molecular complexity index is 840. The Morgan fingerprint density at radius 3 is 2.19 bits per heavy atom. The largest absolute Gasteiger partial charge is 0.299 e. The standard InChI is InChI=1S/C23H24O2S/c1-3-4-17-22(20-13-7-5-8-14-20)23(18-11-12-19(2)24)26(25)21-15-9-6-10-16-21/h5-10,13-16H,3-4,12,17H2,1-2H3/b23-22+. The fourth-order valence-electron chi connectivity index (χ4n) is 2.53. The Morgan fingerprint density at radius 1 is 1.00 bits per heavy atom. The molecule has 1 unspecified atom stereocenters. The maximum Gasteiger partial charge on any atom is 0.141 e. The molecule has 2 aromatic rings. The maximum atomic E-state index is 13.3. The third-order valence-corrected chi connectivity index (χ3v) is 5.28. The molecule has 0 radical (unpaired) electrons. The van der Waals surface area contributed by atoms with Crippen molar-refractivity contribution in [3.8, 4) is 11.8 Å². The molecule has 0 saturated carbocycles. The van der Waals surface area contributed by atoms with E-state index in [0.29, 0.717) is 4.91 Å². The van der Waals surface area contributed by atoms with Crippen LogP contribution >= 0.6 is 0 Å². The van der Waals surface area contributed by atoms with Gasteiger partial charge in [0, 0.05) is 4.90 Å². The van der Waals surface area contributed by atoms with Crippen molar-refractivity contribution in [2.45, 2.75) is 44.4 Å². The van der Waals surface area contributed by atoms with Crippen LogP contribution in [0.5, 0.6) is 0 Å². The van der Waals surface area contributed by atoms with Crippen molar-refractivity contribution >= 4 is 22.2 Å². The second kappa shape index (κ2) is 10.5. The number of allylic oxidation sites excluding steroid dienone is 2. The van der Waals surface area contributed by atoms with Gasteiger partial charge in [0.25, 0.3) is 0 Å². The van der Waals surface area contributed by atoms with Gasteiger partial charge in [-0.3, -0.25) is 4.79 Å². The lowest BCUT2D eigenvalue weighted by Gasteiger charge is -2.12. The number of unbranched alkanes of at least 4 members (excludes halogenated alkanes) is 1. The fraction of sp³-hybridized carbons (Fsp3) is 0.261. The first-order chi connectivity index (χ1) is 12.6. The van der Waals surface area contributed by atoms with Crippen LogP contribution in [0.25, 0.3) is 5.57 Å². The van der Waals surface area contributed by atoms with E-state index in [4.69, 9.17) is 0 Å². The number of carbonyl (C=O) groups excluding carboxylic acids is 1. The molecule has 3 heteroatoms. The van der Waals surface area contributed by atoms with Crippen LogP contribution in [-0.4, -0.2) is 9.99 Å². The summed E-state index contributed by atoms with van der Waals surface area (Å²) in [4.78, 5) is 12.6. The highest BCUT2D eigenvalue weighted by Gasteiger charge is 2.15. The highest BCUT2D eigenvalue weighted by Crippen LogP contribution is 2.28. The second-order valence-electron chi connectivity index (χ2n) is 6.04. The van der Waals surface area contributed by atoms with Crippen molar-refractivity contribution in [1.29, 1.82) is 0 Å². The van der Waals surface area contributed by atoms with E-state index in [9.17, 15) is 9.00 Å². The van der Waals surface area contributed by atoms with Gasteiger partial charge in [0.05, 0.1) is 22.1 Å². The normalized spacial score (nSPS) is 12.5. The molecule has 0 fully saturated rings. The summed E-state index contributed by atoms with van der Waals surface area (Å²) in [6, 6.07) is 19.3. The lowest BCUT2D eigenvalue weighted by atomic mass is 10.00. The van der Waals surface area contributed by atoms with Crippen molar-refractivity contribution in [2.24, 2.45) is 0 Å². The predicted octanol–water partition coefficient (Wildman–Crippen LogP) is 5.38. The zero-order valence-corrected chi connectivity index (χ0v) is 16.1. The zero-order valence-electron chi connectivity index (χ0n) is 15.3. The first-order valence-electron chi connectivity index (χ1n) is 8.87. The number of hydrogen-bond donors (Lipinski definition) is 0. The van der Waals surface area contributed by atoms with Crippen molar-refractivity contribution in [1.82, 2.24) is 0 Å². The SMILES string of the molecule is CCCC/C(=C(/C#CCC(C)=O)S(=O)c1ccccc1)c1ccccc1. The summed E-state index contributed by atoms with van der Waals surface area (Å²) in [6.07, 6.45) is 3.02. The third-order valence-electron chi connectivity index (χ3n) is 3.86. The van der Waals surface area contributed by atoms with E-state index in [2.05, 4.69) is 18.8 Å². The number of carbonyl (C=O) groups is 1. The van der Waals surface area contributed by atoms with Gasteiger partial charge in [-0.1, -0.05) is 73.7 Å². The van der Waals surface area contributed by atoms with E-state index in [1.807, 2.05) is 60.7 Å². The monoisotopic (exact) mass is 364 g/mol. The van der Waals surface area contributed by atoms with Gasteiger partial charge in [0.15, 0.2) is 0 Å². The minimum Gasteiger partial charge on any atom is -0.299 e. The van der Waals surface area contributed by atoms with Gasteiger partial charge in [-0.25, -0.2) is 4.21 Å². The van der Waals surface area contributed by atoms with Gasteiger partial charge in [0.2, 0.25) is 0 Å². The number of ketones is 1.